The molecule has 3 aromatic carbocycles. The average Bonchev–Trinajstić information content (AvgIpc) is 2.46. The molecule has 1 heterocycles. The lowest BCUT2D eigenvalue weighted by molar-refractivity contribution is 0.630. The Hall–Kier alpha value is -2.19. The number of fused-ring (bicyclic) bond motifs is 5. The molecule has 0 radical (unpaired) electrons. The summed E-state index contributed by atoms with van der Waals surface area (Å²) in [4.78, 5) is 4.10. The Kier molecular flexibility index (Phi) is 2.41. The highest BCUT2D eigenvalue weighted by molar-refractivity contribution is 6.35. The van der Waals surface area contributed by atoms with Gasteiger partial charge in [-0.3, -0.25) is 0 Å². The summed E-state index contributed by atoms with van der Waals surface area (Å²) in [6.07, 6.45) is 1.71. The quantitative estimate of drug-likeness (QED) is 0.313. The van der Waals surface area contributed by atoms with Crippen molar-refractivity contribution in [3.05, 3.63) is 65.7 Å². The maximum Gasteiger partial charge on any atom is 0.136 e. The number of nitrogens with zero attached hydrogens (tertiary/aromatic N) is 1. The van der Waals surface area contributed by atoms with Crippen molar-refractivity contribution in [1.82, 2.24) is 4.98 Å². The van der Waals surface area contributed by atoms with Crippen molar-refractivity contribution in [2.45, 2.75) is 0 Å². The van der Waals surface area contributed by atoms with Crippen molar-refractivity contribution in [2.24, 2.45) is 0 Å². The second-order valence-corrected chi connectivity index (χ2v) is 5.15. The first kappa shape index (κ1) is 11.6. The van der Waals surface area contributed by atoms with Crippen LogP contribution < -0.4 is 0 Å². The van der Waals surface area contributed by atoms with Gasteiger partial charge >= 0.3 is 0 Å². The first-order valence-corrected chi connectivity index (χ1v) is 6.67. The predicted octanol–water partition coefficient (Wildman–Crippen LogP) is 5.33. The largest absolute Gasteiger partial charge is 0.244 e. The van der Waals surface area contributed by atoms with Crippen LogP contribution in [-0.2, 0) is 0 Å². The molecule has 0 aliphatic carbocycles. The molecule has 0 aliphatic rings. The lowest BCUT2D eigenvalue weighted by atomic mass is 9.98. The Morgan fingerprint density at radius 2 is 1.40 bits per heavy atom. The van der Waals surface area contributed by atoms with Crippen molar-refractivity contribution in [3.8, 4) is 0 Å². The third-order valence-electron chi connectivity index (χ3n) is 3.67. The lowest BCUT2D eigenvalue weighted by Crippen LogP contribution is -1.84. The molecule has 0 unspecified atom stereocenters. The van der Waals surface area contributed by atoms with Crippen molar-refractivity contribution in [3.63, 3.8) is 0 Å². The van der Waals surface area contributed by atoms with E-state index >= 15 is 0 Å². The lowest BCUT2D eigenvalue weighted by Gasteiger charge is -2.08. The van der Waals surface area contributed by atoms with E-state index in [4.69, 9.17) is 11.6 Å². The summed E-state index contributed by atoms with van der Waals surface area (Å²) in [5, 5.41) is 6.64. The van der Waals surface area contributed by atoms with Gasteiger partial charge < -0.3 is 0 Å². The van der Waals surface area contributed by atoms with E-state index in [2.05, 4.69) is 4.98 Å². The van der Waals surface area contributed by atoms with Gasteiger partial charge in [-0.2, -0.15) is 0 Å². The summed E-state index contributed by atoms with van der Waals surface area (Å²) in [7, 11) is 0. The molecule has 0 bridgehead atoms. The molecule has 0 saturated carbocycles. The van der Waals surface area contributed by atoms with E-state index in [9.17, 15) is 4.39 Å². The highest BCUT2D eigenvalue weighted by Gasteiger charge is 2.07. The van der Waals surface area contributed by atoms with E-state index in [1.165, 1.54) is 6.07 Å². The SMILES string of the molecule is Fc1ccc2c(ccc3c4ccnc(Cl)c4ccc23)c1. The minimum atomic E-state index is -0.218. The summed E-state index contributed by atoms with van der Waals surface area (Å²) < 4.78 is 13.3. The Morgan fingerprint density at radius 3 is 2.30 bits per heavy atom. The maximum atomic E-state index is 13.3. The molecule has 0 N–H and O–H groups in total. The smallest absolute Gasteiger partial charge is 0.136 e. The van der Waals surface area contributed by atoms with Crippen LogP contribution in [0, 0.1) is 5.82 Å². The Balaban J connectivity index is 2.25. The van der Waals surface area contributed by atoms with Gasteiger partial charge in [0.15, 0.2) is 0 Å². The number of hydrogen-bond donors (Lipinski definition) is 0. The minimum absolute atomic E-state index is 0.218. The molecular weight excluding hydrogens is 273 g/mol. The van der Waals surface area contributed by atoms with Crippen molar-refractivity contribution >= 4 is 43.9 Å². The van der Waals surface area contributed by atoms with Crippen molar-refractivity contribution < 1.29 is 4.39 Å². The summed E-state index contributed by atoms with van der Waals surface area (Å²) in [6, 6.07) is 14.8. The maximum absolute atomic E-state index is 13.3. The monoisotopic (exact) mass is 281 g/mol. The number of benzene rings is 3. The zero-order valence-electron chi connectivity index (χ0n) is 10.4. The summed E-state index contributed by atoms with van der Waals surface area (Å²) in [5.41, 5.74) is 0. The van der Waals surface area contributed by atoms with Gasteiger partial charge in [0.25, 0.3) is 0 Å². The molecule has 0 atom stereocenters. The van der Waals surface area contributed by atoms with Gasteiger partial charge in [-0.05, 0) is 45.1 Å². The Labute approximate surface area is 119 Å². The van der Waals surface area contributed by atoms with Crippen LogP contribution in [0.25, 0.3) is 32.3 Å². The van der Waals surface area contributed by atoms with E-state index in [1.807, 2.05) is 36.4 Å². The number of aromatic nitrogens is 1. The molecule has 4 rings (SSSR count). The average molecular weight is 282 g/mol. The molecule has 1 aromatic heterocycles. The zero-order chi connectivity index (χ0) is 13.7. The first-order chi connectivity index (χ1) is 9.74. The van der Waals surface area contributed by atoms with Gasteiger partial charge in [-0.25, -0.2) is 9.37 Å². The van der Waals surface area contributed by atoms with Crippen molar-refractivity contribution in [1.29, 1.82) is 0 Å². The van der Waals surface area contributed by atoms with Crippen LogP contribution in [0.15, 0.2) is 54.7 Å². The van der Waals surface area contributed by atoms with Gasteiger partial charge in [0.1, 0.15) is 11.0 Å². The van der Waals surface area contributed by atoms with Gasteiger partial charge in [-0.1, -0.05) is 41.9 Å². The number of pyridine rings is 1. The molecule has 0 saturated heterocycles. The van der Waals surface area contributed by atoms with E-state index in [-0.39, 0.29) is 5.82 Å². The normalized spacial score (nSPS) is 11.5. The number of rotatable bonds is 0. The molecule has 96 valence electrons. The summed E-state index contributed by atoms with van der Waals surface area (Å²) in [6.45, 7) is 0. The molecule has 4 aromatic rings. The van der Waals surface area contributed by atoms with E-state index < -0.39 is 0 Å². The van der Waals surface area contributed by atoms with Crippen LogP contribution in [0.5, 0.6) is 0 Å². The Morgan fingerprint density at radius 1 is 0.750 bits per heavy atom. The second-order valence-electron chi connectivity index (χ2n) is 4.79. The molecule has 20 heavy (non-hydrogen) atoms. The van der Waals surface area contributed by atoms with Crippen LogP contribution in [-0.4, -0.2) is 4.98 Å². The highest BCUT2D eigenvalue weighted by atomic mass is 35.5. The van der Waals surface area contributed by atoms with Crippen LogP contribution >= 0.6 is 11.6 Å². The first-order valence-electron chi connectivity index (χ1n) is 6.29. The summed E-state index contributed by atoms with van der Waals surface area (Å²) in [5.74, 6) is -0.218. The highest BCUT2D eigenvalue weighted by Crippen LogP contribution is 2.33. The van der Waals surface area contributed by atoms with Gasteiger partial charge in [0, 0.05) is 11.6 Å². The number of halogens is 2. The van der Waals surface area contributed by atoms with E-state index in [0.29, 0.717) is 5.15 Å². The molecule has 1 nitrogen and oxygen atoms in total. The van der Waals surface area contributed by atoms with Gasteiger partial charge in [0.2, 0.25) is 0 Å². The molecule has 0 aliphatic heterocycles. The van der Waals surface area contributed by atoms with Gasteiger partial charge in [0.05, 0.1) is 0 Å². The molecular formula is C17H9ClFN. The number of hydrogen-bond acceptors (Lipinski definition) is 1. The van der Waals surface area contributed by atoms with Gasteiger partial charge in [-0.15, -0.1) is 0 Å². The van der Waals surface area contributed by atoms with Crippen LogP contribution in [0.2, 0.25) is 5.15 Å². The summed E-state index contributed by atoms with van der Waals surface area (Å²) >= 11 is 6.14. The van der Waals surface area contributed by atoms with Crippen molar-refractivity contribution in [2.75, 3.05) is 0 Å². The predicted molar refractivity (Wildman–Crippen MR) is 81.7 cm³/mol. The fourth-order valence-electron chi connectivity index (χ4n) is 2.75. The molecule has 0 fully saturated rings. The van der Waals surface area contributed by atoms with E-state index in [1.54, 1.807) is 12.3 Å². The van der Waals surface area contributed by atoms with Crippen LogP contribution in [0.4, 0.5) is 4.39 Å². The van der Waals surface area contributed by atoms with Crippen LogP contribution in [0.1, 0.15) is 0 Å². The van der Waals surface area contributed by atoms with Crippen LogP contribution in [0.3, 0.4) is 0 Å². The van der Waals surface area contributed by atoms with E-state index in [0.717, 1.165) is 32.3 Å². The third-order valence-corrected chi connectivity index (χ3v) is 3.97. The molecule has 3 heteroatoms. The fourth-order valence-corrected chi connectivity index (χ4v) is 2.97. The Bertz CT molecular complexity index is 979. The third kappa shape index (κ3) is 1.58. The topological polar surface area (TPSA) is 12.9 Å². The minimum Gasteiger partial charge on any atom is -0.244 e. The fraction of sp³-hybridized carbons (Fsp3) is 0. The molecule has 0 spiro atoms. The standard InChI is InChI=1S/C17H9ClFN/c18-17-16-6-5-13-12-4-2-11(19)9-10(12)1-3-14(13)15(16)7-8-20-17/h1-9H. The molecule has 0 amide bonds. The second kappa shape index (κ2) is 4.15. The zero-order valence-corrected chi connectivity index (χ0v) is 11.2.